The van der Waals surface area contributed by atoms with Crippen LogP contribution in [0.15, 0.2) is 22.7 Å². The van der Waals surface area contributed by atoms with Gasteiger partial charge in [0.1, 0.15) is 5.84 Å². The molecule has 94 valence electrons. The van der Waals surface area contributed by atoms with Gasteiger partial charge >= 0.3 is 0 Å². The zero-order valence-electron chi connectivity index (χ0n) is 10.2. The van der Waals surface area contributed by atoms with Gasteiger partial charge in [-0.15, -0.1) is 0 Å². The van der Waals surface area contributed by atoms with Gasteiger partial charge in [-0.05, 0) is 25.1 Å². The summed E-state index contributed by atoms with van der Waals surface area (Å²) >= 11 is 3.44. The molecule has 0 aliphatic carbocycles. The van der Waals surface area contributed by atoms with Crippen molar-refractivity contribution in [2.45, 2.75) is 6.92 Å². The summed E-state index contributed by atoms with van der Waals surface area (Å²) in [5.41, 5.74) is 7.32. The van der Waals surface area contributed by atoms with Gasteiger partial charge in [0.05, 0.1) is 6.61 Å². The van der Waals surface area contributed by atoms with E-state index in [1.807, 2.05) is 18.2 Å². The minimum absolute atomic E-state index is 0.0865. The van der Waals surface area contributed by atoms with Crippen LogP contribution in [-0.4, -0.2) is 32.6 Å². The number of hydrogen-bond donors (Lipinski definition) is 2. The van der Waals surface area contributed by atoms with Crippen LogP contribution in [-0.2, 0) is 4.74 Å². The molecule has 0 aromatic heterocycles. The Balaban J connectivity index is 3.06. The number of hydrogen-bond acceptors (Lipinski definition) is 3. The monoisotopic (exact) mass is 299 g/mol. The average molecular weight is 300 g/mol. The Morgan fingerprint density at radius 1 is 1.53 bits per heavy atom. The lowest BCUT2D eigenvalue weighted by atomic mass is 10.1. The summed E-state index contributed by atoms with van der Waals surface area (Å²) in [7, 11) is 1.68. The largest absolute Gasteiger partial charge is 0.384 e. The second-order valence-corrected chi connectivity index (χ2v) is 4.56. The van der Waals surface area contributed by atoms with Gasteiger partial charge in [0, 0.05) is 35.9 Å². The molecule has 0 heterocycles. The lowest BCUT2D eigenvalue weighted by Crippen LogP contribution is -2.29. The van der Waals surface area contributed by atoms with Crippen LogP contribution >= 0.6 is 15.9 Å². The molecule has 0 saturated carbocycles. The zero-order chi connectivity index (χ0) is 12.8. The van der Waals surface area contributed by atoms with Crippen molar-refractivity contribution < 1.29 is 4.74 Å². The van der Waals surface area contributed by atoms with Gasteiger partial charge in [-0.25, -0.2) is 0 Å². The Morgan fingerprint density at radius 2 is 2.24 bits per heavy atom. The number of amidine groups is 1. The predicted octanol–water partition coefficient (Wildman–Crippen LogP) is 2.21. The van der Waals surface area contributed by atoms with Crippen LogP contribution in [0, 0.1) is 5.41 Å². The first-order chi connectivity index (χ1) is 8.10. The summed E-state index contributed by atoms with van der Waals surface area (Å²) in [6.07, 6.45) is 0. The number of rotatable bonds is 6. The Hall–Kier alpha value is -1.07. The molecule has 4 nitrogen and oxygen atoms in total. The van der Waals surface area contributed by atoms with Crippen molar-refractivity contribution in [3.63, 3.8) is 0 Å². The topological polar surface area (TPSA) is 62.3 Å². The van der Waals surface area contributed by atoms with Crippen LogP contribution in [0.4, 0.5) is 5.69 Å². The second kappa shape index (κ2) is 6.61. The minimum atomic E-state index is 0.0865. The van der Waals surface area contributed by atoms with Gasteiger partial charge in [0.2, 0.25) is 0 Å². The maximum absolute atomic E-state index is 7.60. The van der Waals surface area contributed by atoms with Crippen molar-refractivity contribution in [2.75, 3.05) is 31.7 Å². The number of benzene rings is 1. The van der Waals surface area contributed by atoms with E-state index in [9.17, 15) is 0 Å². The number of methoxy groups -OCH3 is 1. The molecule has 17 heavy (non-hydrogen) atoms. The lowest BCUT2D eigenvalue weighted by Gasteiger charge is -2.25. The van der Waals surface area contributed by atoms with Crippen LogP contribution < -0.4 is 10.6 Å². The third kappa shape index (κ3) is 3.71. The first kappa shape index (κ1) is 14.0. The fourth-order valence-electron chi connectivity index (χ4n) is 1.64. The van der Waals surface area contributed by atoms with Gasteiger partial charge in [-0.3, -0.25) is 5.41 Å². The summed E-state index contributed by atoms with van der Waals surface area (Å²) in [5, 5.41) is 7.60. The Bertz CT molecular complexity index is 395. The van der Waals surface area contributed by atoms with E-state index in [1.54, 1.807) is 7.11 Å². The Kier molecular flexibility index (Phi) is 5.44. The standard InChI is InChI=1S/C12H18BrN3O/c1-3-16(6-7-17-2)11-8-9(13)4-5-10(11)12(14)15/h4-5,8H,3,6-7H2,1-2H3,(H3,14,15). The second-order valence-electron chi connectivity index (χ2n) is 3.65. The molecule has 0 saturated heterocycles. The van der Waals surface area contributed by atoms with E-state index < -0.39 is 0 Å². The summed E-state index contributed by atoms with van der Waals surface area (Å²) in [6, 6.07) is 5.73. The third-order valence-electron chi connectivity index (χ3n) is 2.54. The molecule has 5 heteroatoms. The molecule has 0 atom stereocenters. The lowest BCUT2D eigenvalue weighted by molar-refractivity contribution is 0.205. The van der Waals surface area contributed by atoms with Crippen LogP contribution in [0.25, 0.3) is 0 Å². The number of nitrogens with two attached hydrogens (primary N) is 1. The molecule has 0 unspecified atom stereocenters. The highest BCUT2D eigenvalue weighted by Gasteiger charge is 2.12. The van der Waals surface area contributed by atoms with Crippen LogP contribution in [0.3, 0.4) is 0 Å². The summed E-state index contributed by atoms with van der Waals surface area (Å²) in [5.74, 6) is 0.0865. The van der Waals surface area contributed by atoms with E-state index >= 15 is 0 Å². The van der Waals surface area contributed by atoms with Gasteiger partial charge in [0.25, 0.3) is 0 Å². The highest BCUT2D eigenvalue weighted by Crippen LogP contribution is 2.24. The van der Waals surface area contributed by atoms with Gasteiger partial charge < -0.3 is 15.4 Å². The quantitative estimate of drug-likeness (QED) is 0.625. The molecule has 0 aliphatic heterocycles. The van der Waals surface area contributed by atoms with E-state index in [1.165, 1.54) is 0 Å². The number of anilines is 1. The molecular formula is C12H18BrN3O. The Labute approximate surface area is 110 Å². The molecular weight excluding hydrogens is 282 g/mol. The summed E-state index contributed by atoms with van der Waals surface area (Å²) < 4.78 is 6.07. The van der Waals surface area contributed by atoms with Crippen molar-refractivity contribution >= 4 is 27.5 Å². The van der Waals surface area contributed by atoms with Crippen molar-refractivity contribution in [1.82, 2.24) is 0 Å². The van der Waals surface area contributed by atoms with Crippen molar-refractivity contribution in [2.24, 2.45) is 5.73 Å². The molecule has 1 aromatic carbocycles. The fraction of sp³-hybridized carbons (Fsp3) is 0.417. The number of halogens is 1. The molecule has 0 fully saturated rings. The van der Waals surface area contributed by atoms with Crippen LogP contribution in [0.5, 0.6) is 0 Å². The number of ether oxygens (including phenoxy) is 1. The summed E-state index contributed by atoms with van der Waals surface area (Å²) in [4.78, 5) is 2.14. The zero-order valence-corrected chi connectivity index (χ0v) is 11.8. The number of nitrogens with one attached hydrogen (secondary N) is 1. The van der Waals surface area contributed by atoms with Crippen molar-refractivity contribution in [3.8, 4) is 0 Å². The number of nitrogens with zero attached hydrogens (tertiary/aromatic N) is 1. The van der Waals surface area contributed by atoms with Gasteiger partial charge in [-0.2, -0.15) is 0 Å². The van der Waals surface area contributed by atoms with E-state index in [4.69, 9.17) is 15.9 Å². The molecule has 0 spiro atoms. The minimum Gasteiger partial charge on any atom is -0.384 e. The number of nitrogen functional groups attached to an aromatic ring is 1. The summed E-state index contributed by atoms with van der Waals surface area (Å²) in [6.45, 7) is 4.35. The van der Waals surface area contributed by atoms with Crippen LogP contribution in [0.1, 0.15) is 12.5 Å². The third-order valence-corrected chi connectivity index (χ3v) is 3.03. The maximum atomic E-state index is 7.60. The maximum Gasteiger partial charge on any atom is 0.124 e. The molecule has 0 radical (unpaired) electrons. The number of likely N-dealkylation sites (N-methyl/N-ethyl adjacent to an activating group) is 1. The first-order valence-corrected chi connectivity index (χ1v) is 6.27. The molecule has 0 bridgehead atoms. The van der Waals surface area contributed by atoms with Crippen LogP contribution in [0.2, 0.25) is 0 Å². The van der Waals surface area contributed by atoms with Crippen molar-refractivity contribution in [1.29, 1.82) is 5.41 Å². The molecule has 0 amide bonds. The molecule has 1 rings (SSSR count). The first-order valence-electron chi connectivity index (χ1n) is 5.48. The smallest absolute Gasteiger partial charge is 0.124 e. The fourth-order valence-corrected chi connectivity index (χ4v) is 1.99. The van der Waals surface area contributed by atoms with E-state index in [2.05, 4.69) is 27.8 Å². The SMILES string of the molecule is CCN(CCOC)c1cc(Br)ccc1C(=N)N. The average Bonchev–Trinajstić information content (AvgIpc) is 2.29. The highest BCUT2D eigenvalue weighted by molar-refractivity contribution is 9.10. The molecule has 3 N–H and O–H groups in total. The molecule has 1 aromatic rings. The normalized spacial score (nSPS) is 10.3. The van der Waals surface area contributed by atoms with Gasteiger partial charge in [0.15, 0.2) is 0 Å². The predicted molar refractivity (Wildman–Crippen MR) is 74.9 cm³/mol. The van der Waals surface area contributed by atoms with Gasteiger partial charge in [-0.1, -0.05) is 15.9 Å². The van der Waals surface area contributed by atoms with E-state index in [0.717, 1.165) is 28.8 Å². The van der Waals surface area contributed by atoms with E-state index in [-0.39, 0.29) is 5.84 Å². The van der Waals surface area contributed by atoms with E-state index in [0.29, 0.717) is 6.61 Å². The van der Waals surface area contributed by atoms with Crippen molar-refractivity contribution in [3.05, 3.63) is 28.2 Å². The molecule has 0 aliphatic rings. The Morgan fingerprint density at radius 3 is 2.76 bits per heavy atom. The highest BCUT2D eigenvalue weighted by atomic mass is 79.9.